The van der Waals surface area contributed by atoms with Crippen LogP contribution < -0.4 is 0 Å². The van der Waals surface area contributed by atoms with Gasteiger partial charge >= 0.3 is 23.9 Å². The fraction of sp³-hybridized carbons (Fsp3) is 0.568. The summed E-state index contributed by atoms with van der Waals surface area (Å²) < 4.78 is 20.0. The van der Waals surface area contributed by atoms with Gasteiger partial charge in [0.15, 0.2) is 0 Å². The lowest BCUT2D eigenvalue weighted by Gasteiger charge is -2.30. The minimum absolute atomic E-state index is 0.133. The third-order valence-electron chi connectivity index (χ3n) is 9.27. The summed E-state index contributed by atoms with van der Waals surface area (Å²) >= 11 is 0. The Balaban J connectivity index is 0.000000243. The van der Waals surface area contributed by atoms with Gasteiger partial charge in [-0.2, -0.15) is 0 Å². The quantitative estimate of drug-likeness (QED) is 0.131. The van der Waals surface area contributed by atoms with Crippen molar-refractivity contribution < 1.29 is 48.3 Å². The van der Waals surface area contributed by atoms with Crippen LogP contribution in [0.15, 0.2) is 72.9 Å². The van der Waals surface area contributed by atoms with Crippen LogP contribution in [-0.4, -0.2) is 72.7 Å². The smallest absolute Gasteiger partial charge is 0.333 e. The van der Waals surface area contributed by atoms with Gasteiger partial charge in [0.2, 0.25) is 0 Å². The summed E-state index contributed by atoms with van der Waals surface area (Å²) in [4.78, 5) is 46.8. The topological polar surface area (TPSA) is 146 Å². The molecule has 258 valence electrons. The van der Waals surface area contributed by atoms with Gasteiger partial charge in [-0.25, -0.2) is 9.59 Å². The van der Waals surface area contributed by atoms with E-state index in [1.807, 2.05) is 13.8 Å². The Labute approximate surface area is 277 Å². The third-order valence-corrected chi connectivity index (χ3v) is 9.27. The average Bonchev–Trinajstić information content (AvgIpc) is 3.88. The Morgan fingerprint density at radius 3 is 1.30 bits per heavy atom. The van der Waals surface area contributed by atoms with Crippen LogP contribution in [0.5, 0.6) is 0 Å². The SMILES string of the molecule is C1=CCC=C1.C=C(C)C(=O)OCC(O)COC(=O)C(=C)C.CC1(C(=O)OCC(O)COC(=O)C2(C)CC3C=CC2C3)CC2C=CC1C2. The molecule has 0 amide bonds. The molecular formula is C37H50O10. The van der Waals surface area contributed by atoms with Crippen molar-refractivity contribution in [2.24, 2.45) is 34.5 Å². The highest BCUT2D eigenvalue weighted by Gasteiger charge is 2.52. The monoisotopic (exact) mass is 654 g/mol. The van der Waals surface area contributed by atoms with Gasteiger partial charge in [0, 0.05) is 11.1 Å². The van der Waals surface area contributed by atoms with Crippen molar-refractivity contribution in [3.8, 4) is 0 Å². The van der Waals surface area contributed by atoms with Crippen LogP contribution in [0.25, 0.3) is 0 Å². The average molecular weight is 655 g/mol. The van der Waals surface area contributed by atoms with Gasteiger partial charge in [0.1, 0.15) is 38.6 Å². The number of ether oxygens (including phenoxy) is 4. The Kier molecular flexibility index (Phi) is 13.5. The molecule has 5 rings (SSSR count). The largest absolute Gasteiger partial charge is 0.462 e. The van der Waals surface area contributed by atoms with Crippen LogP contribution in [0.1, 0.15) is 59.8 Å². The standard InChI is InChI=1S/C21H28O5.C11H16O5.C5H6/c1-20(9-13-3-5-15(20)7-13)18(23)25-11-17(22)12-26-19(24)21(2)10-14-4-6-16(21)8-14;1-7(2)10(13)15-5-9(12)6-16-11(14)8(3)4;1-2-4-5-3-1/h3-6,13-17,22H,7-12H2,1-2H3;9,12H,1,3,5-6H2,2,4H3;1-4H,5H2. The van der Waals surface area contributed by atoms with Gasteiger partial charge in [0.25, 0.3) is 0 Å². The van der Waals surface area contributed by atoms with E-state index in [0.717, 1.165) is 32.1 Å². The summed E-state index contributed by atoms with van der Waals surface area (Å²) in [6.07, 6.45) is 19.7. The summed E-state index contributed by atoms with van der Waals surface area (Å²) in [6, 6.07) is 0. The van der Waals surface area contributed by atoms with Gasteiger partial charge in [0.05, 0.1) is 10.8 Å². The molecule has 0 heterocycles. The van der Waals surface area contributed by atoms with Crippen molar-refractivity contribution >= 4 is 23.9 Å². The lowest BCUT2D eigenvalue weighted by atomic mass is 9.78. The second-order valence-electron chi connectivity index (χ2n) is 13.6. The Bertz CT molecular complexity index is 1210. The molecule has 0 spiro atoms. The van der Waals surface area contributed by atoms with E-state index in [1.165, 1.54) is 13.8 Å². The first-order valence-electron chi connectivity index (χ1n) is 16.2. The van der Waals surface area contributed by atoms with Crippen LogP contribution in [0.3, 0.4) is 0 Å². The highest BCUT2D eigenvalue weighted by atomic mass is 16.6. The molecule has 5 aliphatic rings. The normalized spacial score (nSPS) is 29.0. The van der Waals surface area contributed by atoms with E-state index in [4.69, 9.17) is 9.47 Å². The number of hydrogen-bond acceptors (Lipinski definition) is 10. The second kappa shape index (κ2) is 16.9. The predicted molar refractivity (Wildman–Crippen MR) is 175 cm³/mol. The molecule has 0 saturated heterocycles. The maximum atomic E-state index is 12.5. The predicted octanol–water partition coefficient (Wildman–Crippen LogP) is 4.73. The number of esters is 4. The second-order valence-corrected chi connectivity index (χ2v) is 13.6. The first-order valence-corrected chi connectivity index (χ1v) is 16.2. The molecule has 6 atom stereocenters. The maximum absolute atomic E-state index is 12.5. The molecule has 0 aromatic rings. The van der Waals surface area contributed by atoms with E-state index >= 15 is 0 Å². The first-order chi connectivity index (χ1) is 22.2. The molecule has 4 bridgehead atoms. The summed E-state index contributed by atoms with van der Waals surface area (Å²) in [5, 5.41) is 19.4. The van der Waals surface area contributed by atoms with E-state index in [-0.39, 0.29) is 61.3 Å². The summed E-state index contributed by atoms with van der Waals surface area (Å²) in [5.41, 5.74) is -0.491. The number of rotatable bonds is 12. The van der Waals surface area contributed by atoms with Gasteiger partial charge in [-0.15, -0.1) is 0 Å². The van der Waals surface area contributed by atoms with Crippen LogP contribution >= 0.6 is 0 Å². The third kappa shape index (κ3) is 10.4. The van der Waals surface area contributed by atoms with Crippen LogP contribution in [-0.2, 0) is 38.1 Å². The van der Waals surface area contributed by atoms with E-state index < -0.39 is 35.0 Å². The van der Waals surface area contributed by atoms with Crippen molar-refractivity contribution in [2.45, 2.75) is 72.0 Å². The van der Waals surface area contributed by atoms with Crippen LogP contribution in [0, 0.1) is 34.5 Å². The zero-order chi connectivity index (χ0) is 34.8. The molecule has 0 aromatic heterocycles. The number of allylic oxidation sites excluding steroid dienone is 8. The number of hydrogen-bond donors (Lipinski definition) is 2. The van der Waals surface area contributed by atoms with E-state index in [9.17, 15) is 29.4 Å². The molecule has 6 unspecified atom stereocenters. The van der Waals surface area contributed by atoms with Gasteiger partial charge in [-0.1, -0.05) is 61.8 Å². The van der Waals surface area contributed by atoms with Crippen molar-refractivity contribution in [2.75, 3.05) is 26.4 Å². The minimum atomic E-state index is -1.05. The molecule has 2 saturated carbocycles. The molecule has 10 heteroatoms. The Morgan fingerprint density at radius 2 is 1.04 bits per heavy atom. The fourth-order valence-corrected chi connectivity index (χ4v) is 6.41. The zero-order valence-electron chi connectivity index (χ0n) is 28.0. The summed E-state index contributed by atoms with van der Waals surface area (Å²) in [7, 11) is 0. The number of carbonyl (C=O) groups is 4. The van der Waals surface area contributed by atoms with Crippen LogP contribution in [0.4, 0.5) is 0 Å². The maximum Gasteiger partial charge on any atom is 0.333 e. The van der Waals surface area contributed by atoms with Gasteiger partial charge < -0.3 is 29.2 Å². The number of aliphatic hydroxyl groups is 2. The minimum Gasteiger partial charge on any atom is -0.462 e. The lowest BCUT2D eigenvalue weighted by Crippen LogP contribution is -2.38. The zero-order valence-corrected chi connectivity index (χ0v) is 28.0. The number of aliphatic hydroxyl groups excluding tert-OH is 2. The number of carbonyl (C=O) groups excluding carboxylic acids is 4. The van der Waals surface area contributed by atoms with E-state index in [1.54, 1.807) is 0 Å². The molecule has 2 fully saturated rings. The van der Waals surface area contributed by atoms with E-state index in [2.05, 4.69) is 71.2 Å². The molecule has 0 aromatic carbocycles. The molecule has 10 nitrogen and oxygen atoms in total. The molecule has 2 N–H and O–H groups in total. The van der Waals surface area contributed by atoms with Crippen molar-refractivity contribution in [1.29, 1.82) is 0 Å². The summed E-state index contributed by atoms with van der Waals surface area (Å²) in [6.45, 7) is 12.9. The highest BCUT2D eigenvalue weighted by Crippen LogP contribution is 2.53. The van der Waals surface area contributed by atoms with Crippen LogP contribution in [0.2, 0.25) is 0 Å². The Morgan fingerprint density at radius 1 is 0.681 bits per heavy atom. The summed E-state index contributed by atoms with van der Waals surface area (Å²) in [5.74, 6) is -0.285. The van der Waals surface area contributed by atoms with Crippen molar-refractivity contribution in [3.63, 3.8) is 0 Å². The molecular weight excluding hydrogens is 604 g/mol. The number of fused-ring (bicyclic) bond motifs is 4. The molecule has 0 aliphatic heterocycles. The van der Waals surface area contributed by atoms with Gasteiger partial charge in [-0.3, -0.25) is 9.59 Å². The molecule has 47 heavy (non-hydrogen) atoms. The fourth-order valence-electron chi connectivity index (χ4n) is 6.41. The van der Waals surface area contributed by atoms with Crippen molar-refractivity contribution in [1.82, 2.24) is 0 Å². The highest BCUT2D eigenvalue weighted by molar-refractivity contribution is 5.87. The van der Waals surface area contributed by atoms with Crippen molar-refractivity contribution in [3.05, 3.63) is 72.9 Å². The Hall–Kier alpha value is -3.76. The van der Waals surface area contributed by atoms with Gasteiger partial charge in [-0.05, 0) is 83.5 Å². The molecule has 5 aliphatic carbocycles. The van der Waals surface area contributed by atoms with E-state index in [0.29, 0.717) is 11.8 Å². The first kappa shape index (κ1) is 37.7. The molecule has 0 radical (unpaired) electrons. The lowest BCUT2D eigenvalue weighted by molar-refractivity contribution is -0.165.